The summed E-state index contributed by atoms with van der Waals surface area (Å²) >= 11 is 0. The topological polar surface area (TPSA) is 95.9 Å². The third kappa shape index (κ3) is 3.00. The highest BCUT2D eigenvalue weighted by Crippen LogP contribution is 2.20. The molecule has 0 saturated carbocycles. The van der Waals surface area contributed by atoms with Crippen LogP contribution in [0, 0.1) is 0 Å². The van der Waals surface area contributed by atoms with Gasteiger partial charge in [0, 0.05) is 25.6 Å². The van der Waals surface area contributed by atoms with Crippen molar-refractivity contribution < 1.29 is 4.79 Å². The zero-order valence-corrected chi connectivity index (χ0v) is 14.6. The third-order valence-corrected chi connectivity index (χ3v) is 4.26. The highest BCUT2D eigenvalue weighted by Gasteiger charge is 2.26. The van der Waals surface area contributed by atoms with Gasteiger partial charge in [-0.05, 0) is 27.2 Å². The first-order chi connectivity index (χ1) is 11.3. The van der Waals surface area contributed by atoms with Crippen LogP contribution in [0.25, 0.3) is 11.0 Å². The van der Waals surface area contributed by atoms with Crippen LogP contribution >= 0.6 is 0 Å². The molecule has 0 spiro atoms. The van der Waals surface area contributed by atoms with Crippen LogP contribution in [-0.4, -0.2) is 49.7 Å². The molecule has 24 heavy (non-hydrogen) atoms. The first-order valence-corrected chi connectivity index (χ1v) is 8.32. The van der Waals surface area contributed by atoms with Crippen LogP contribution in [0.2, 0.25) is 0 Å². The van der Waals surface area contributed by atoms with Crippen molar-refractivity contribution >= 4 is 22.9 Å². The summed E-state index contributed by atoms with van der Waals surface area (Å²) in [6.07, 6.45) is 2.90. The maximum atomic E-state index is 12.3. The largest absolute Gasteiger partial charge is 0.351 e. The number of nitrogens with zero attached hydrogens (tertiary/aromatic N) is 4. The number of aromatic amines is 1. The highest BCUT2D eigenvalue weighted by molar-refractivity contribution is 5.76. The van der Waals surface area contributed by atoms with Crippen molar-refractivity contribution in [1.82, 2.24) is 24.6 Å². The molecule has 2 aromatic heterocycles. The van der Waals surface area contributed by atoms with Crippen LogP contribution in [0.4, 0.5) is 5.95 Å². The Morgan fingerprint density at radius 1 is 1.46 bits per heavy atom. The second-order valence-corrected chi connectivity index (χ2v) is 7.20. The van der Waals surface area contributed by atoms with E-state index in [2.05, 4.69) is 20.4 Å². The molecule has 1 amide bonds. The van der Waals surface area contributed by atoms with Crippen LogP contribution in [0.15, 0.2) is 11.0 Å². The standard InChI is InChI=1S/C16H24N6O2/c1-5-12(23)21-7-6-10(9-21)18-15-19-13-11(14(24)20-15)8-17-22(13)16(2,3)4/h8,10H,5-7,9H2,1-4H3,(H2,18,19,20,24). The summed E-state index contributed by atoms with van der Waals surface area (Å²) in [7, 11) is 0. The minimum absolute atomic E-state index is 0.0899. The van der Waals surface area contributed by atoms with Gasteiger partial charge >= 0.3 is 0 Å². The average Bonchev–Trinajstić information content (AvgIpc) is 3.12. The molecule has 2 N–H and O–H groups in total. The first-order valence-electron chi connectivity index (χ1n) is 8.32. The van der Waals surface area contributed by atoms with Gasteiger partial charge in [-0.15, -0.1) is 0 Å². The highest BCUT2D eigenvalue weighted by atomic mass is 16.2. The van der Waals surface area contributed by atoms with Gasteiger partial charge in [-0.3, -0.25) is 14.6 Å². The van der Waals surface area contributed by atoms with Gasteiger partial charge in [0.1, 0.15) is 5.39 Å². The first kappa shape index (κ1) is 16.5. The number of fused-ring (bicyclic) bond motifs is 1. The van der Waals surface area contributed by atoms with E-state index in [9.17, 15) is 9.59 Å². The number of carbonyl (C=O) groups is 1. The predicted octanol–water partition coefficient (Wildman–Crippen LogP) is 1.30. The lowest BCUT2D eigenvalue weighted by molar-refractivity contribution is -0.129. The van der Waals surface area contributed by atoms with Gasteiger partial charge in [0.15, 0.2) is 5.65 Å². The monoisotopic (exact) mass is 332 g/mol. The fourth-order valence-electron chi connectivity index (χ4n) is 3.00. The smallest absolute Gasteiger partial charge is 0.263 e. The molecular formula is C16H24N6O2. The van der Waals surface area contributed by atoms with Gasteiger partial charge in [0.25, 0.3) is 5.56 Å². The molecule has 8 nitrogen and oxygen atoms in total. The van der Waals surface area contributed by atoms with Gasteiger partial charge in [-0.1, -0.05) is 6.92 Å². The number of carbonyl (C=O) groups excluding carboxylic acids is 1. The maximum absolute atomic E-state index is 12.3. The second-order valence-electron chi connectivity index (χ2n) is 7.20. The Labute approximate surface area is 140 Å². The van der Waals surface area contributed by atoms with E-state index < -0.39 is 0 Å². The second kappa shape index (κ2) is 5.92. The van der Waals surface area contributed by atoms with Crippen molar-refractivity contribution in [2.75, 3.05) is 18.4 Å². The van der Waals surface area contributed by atoms with Crippen molar-refractivity contribution in [1.29, 1.82) is 0 Å². The number of hydrogen-bond acceptors (Lipinski definition) is 5. The van der Waals surface area contributed by atoms with Crippen molar-refractivity contribution in [3.05, 3.63) is 16.6 Å². The van der Waals surface area contributed by atoms with E-state index in [1.807, 2.05) is 32.6 Å². The van der Waals surface area contributed by atoms with Crippen molar-refractivity contribution in [3.8, 4) is 0 Å². The Bertz CT molecular complexity index is 816. The van der Waals surface area contributed by atoms with E-state index in [0.29, 0.717) is 29.9 Å². The molecule has 3 rings (SSSR count). The molecule has 1 aliphatic rings. The van der Waals surface area contributed by atoms with Gasteiger partial charge in [0.2, 0.25) is 11.9 Å². The van der Waals surface area contributed by atoms with Crippen LogP contribution in [-0.2, 0) is 10.3 Å². The van der Waals surface area contributed by atoms with Gasteiger partial charge in [-0.2, -0.15) is 10.1 Å². The molecule has 0 bridgehead atoms. The lowest BCUT2D eigenvalue weighted by Gasteiger charge is -2.20. The number of amides is 1. The molecule has 2 aromatic rings. The van der Waals surface area contributed by atoms with Crippen molar-refractivity contribution in [2.24, 2.45) is 0 Å². The Kier molecular flexibility index (Phi) is 4.06. The molecule has 0 aromatic carbocycles. The predicted molar refractivity (Wildman–Crippen MR) is 92.0 cm³/mol. The summed E-state index contributed by atoms with van der Waals surface area (Å²) in [5.41, 5.74) is 0.0862. The van der Waals surface area contributed by atoms with E-state index in [1.54, 1.807) is 10.9 Å². The number of H-pyrrole nitrogens is 1. The molecule has 1 fully saturated rings. The number of nitrogens with one attached hydrogen (secondary N) is 2. The van der Waals surface area contributed by atoms with Gasteiger partial charge in [-0.25, -0.2) is 4.68 Å². The molecule has 1 aliphatic heterocycles. The summed E-state index contributed by atoms with van der Waals surface area (Å²) in [6.45, 7) is 9.27. The Balaban J connectivity index is 1.86. The zero-order valence-electron chi connectivity index (χ0n) is 14.6. The number of anilines is 1. The fraction of sp³-hybridized carbons (Fsp3) is 0.625. The number of rotatable bonds is 3. The van der Waals surface area contributed by atoms with Crippen LogP contribution in [0.1, 0.15) is 40.5 Å². The normalized spacial score (nSPS) is 18.3. The Hall–Kier alpha value is -2.38. The molecule has 1 atom stereocenters. The molecule has 0 aliphatic carbocycles. The molecular weight excluding hydrogens is 308 g/mol. The number of aromatic nitrogens is 4. The number of hydrogen-bond donors (Lipinski definition) is 2. The molecule has 3 heterocycles. The lowest BCUT2D eigenvalue weighted by Crippen LogP contribution is -2.31. The molecule has 1 saturated heterocycles. The summed E-state index contributed by atoms with van der Waals surface area (Å²) in [6, 6.07) is 0.0899. The molecule has 1 unspecified atom stereocenters. The minimum atomic E-state index is -0.266. The fourth-order valence-corrected chi connectivity index (χ4v) is 3.00. The van der Waals surface area contributed by atoms with E-state index in [4.69, 9.17) is 0 Å². The van der Waals surface area contributed by atoms with Crippen LogP contribution < -0.4 is 10.9 Å². The van der Waals surface area contributed by atoms with Crippen molar-refractivity contribution in [2.45, 2.75) is 52.1 Å². The van der Waals surface area contributed by atoms with E-state index in [1.165, 1.54) is 0 Å². The SMILES string of the molecule is CCC(=O)N1CCC(Nc2nc3c(cnn3C(C)(C)C)c(=O)[nH]2)C1. The third-order valence-electron chi connectivity index (χ3n) is 4.26. The van der Waals surface area contributed by atoms with E-state index in [-0.39, 0.29) is 23.0 Å². The van der Waals surface area contributed by atoms with Gasteiger partial charge in [0.05, 0.1) is 11.7 Å². The molecule has 8 heteroatoms. The summed E-state index contributed by atoms with van der Waals surface area (Å²) in [5.74, 6) is 0.580. The maximum Gasteiger partial charge on any atom is 0.263 e. The molecule has 130 valence electrons. The van der Waals surface area contributed by atoms with Crippen LogP contribution in [0.5, 0.6) is 0 Å². The number of likely N-dealkylation sites (tertiary alicyclic amines) is 1. The minimum Gasteiger partial charge on any atom is -0.351 e. The summed E-state index contributed by atoms with van der Waals surface area (Å²) in [4.78, 5) is 33.2. The Morgan fingerprint density at radius 3 is 2.88 bits per heavy atom. The quantitative estimate of drug-likeness (QED) is 0.883. The molecule has 0 radical (unpaired) electrons. The van der Waals surface area contributed by atoms with Crippen LogP contribution in [0.3, 0.4) is 0 Å². The summed E-state index contributed by atoms with van der Waals surface area (Å²) < 4.78 is 1.75. The van der Waals surface area contributed by atoms with Crippen molar-refractivity contribution in [3.63, 3.8) is 0 Å². The van der Waals surface area contributed by atoms with Gasteiger partial charge < -0.3 is 10.2 Å². The Morgan fingerprint density at radius 2 is 2.21 bits per heavy atom. The van der Waals surface area contributed by atoms with E-state index >= 15 is 0 Å². The average molecular weight is 332 g/mol. The zero-order chi connectivity index (χ0) is 17.5. The van der Waals surface area contributed by atoms with E-state index in [0.717, 1.165) is 13.0 Å². The lowest BCUT2D eigenvalue weighted by atomic mass is 10.1. The summed E-state index contributed by atoms with van der Waals surface area (Å²) in [5, 5.41) is 8.03.